The number of aryl methyl sites for hydroxylation is 2. The summed E-state index contributed by atoms with van der Waals surface area (Å²) >= 11 is 0. The van der Waals surface area contributed by atoms with Crippen LogP contribution in [0.4, 0.5) is 0 Å². The highest BCUT2D eigenvalue weighted by molar-refractivity contribution is 5.97. The van der Waals surface area contributed by atoms with E-state index in [4.69, 9.17) is 28.0 Å². The van der Waals surface area contributed by atoms with E-state index in [1.165, 1.54) is 0 Å². The quantitative estimate of drug-likeness (QED) is 0.224. The van der Waals surface area contributed by atoms with Gasteiger partial charge in [-0.05, 0) is 79.1 Å². The van der Waals surface area contributed by atoms with E-state index in [0.29, 0.717) is 42.1 Å². The van der Waals surface area contributed by atoms with Crippen LogP contribution in [0.3, 0.4) is 0 Å². The second kappa shape index (κ2) is 9.67. The third-order valence-corrected chi connectivity index (χ3v) is 8.20. The van der Waals surface area contributed by atoms with Crippen molar-refractivity contribution in [2.24, 2.45) is 23.1 Å². The summed E-state index contributed by atoms with van der Waals surface area (Å²) < 4.78 is 0. The summed E-state index contributed by atoms with van der Waals surface area (Å²) in [5.74, 6) is -0.506. The monoisotopic (exact) mass is 524 g/mol. The Bertz CT molecular complexity index is 1420. The molecule has 1 heterocycles. The van der Waals surface area contributed by atoms with Gasteiger partial charge in [0.15, 0.2) is 0 Å². The highest BCUT2D eigenvalue weighted by Crippen LogP contribution is 2.46. The Kier molecular flexibility index (Phi) is 6.48. The number of carbonyl (C=O) groups excluding carboxylic acids is 2. The van der Waals surface area contributed by atoms with Gasteiger partial charge in [-0.25, -0.2) is 0 Å². The van der Waals surface area contributed by atoms with Gasteiger partial charge in [0.05, 0.1) is 18.0 Å². The standard InChI is InChI=1S/C29H32N8O2/c1-15(36-14-25(31)37-21(13-30)10-20-11-24(20)37)12-29(28(34)35)22-6-4-18(26(32)38)8-16(22)2-3-17-9-19(27(33)39)5-7-23(17)29/h4-9,11,15,20-21,31,36H,2-3,10,12,14H2,1H3,(H2,32,38)(H2,33,39)(H3,34,35)/t15-,20-,21?/m1/s1. The highest BCUT2D eigenvalue weighted by atomic mass is 16.1. The zero-order chi connectivity index (χ0) is 28.1. The van der Waals surface area contributed by atoms with Crippen LogP contribution in [-0.4, -0.2) is 47.0 Å². The molecule has 0 saturated carbocycles. The number of primary amides is 2. The largest absolute Gasteiger partial charge is 0.387 e. The van der Waals surface area contributed by atoms with E-state index in [1.54, 1.807) is 29.2 Å². The van der Waals surface area contributed by atoms with Gasteiger partial charge in [-0.1, -0.05) is 18.2 Å². The third-order valence-electron chi connectivity index (χ3n) is 8.20. The number of allylic oxidation sites excluding steroid dienone is 2. The first-order valence-corrected chi connectivity index (χ1v) is 13.0. The van der Waals surface area contributed by atoms with Gasteiger partial charge in [-0.3, -0.25) is 20.4 Å². The molecule has 10 nitrogen and oxygen atoms in total. The second-order valence-corrected chi connectivity index (χ2v) is 10.7. The molecule has 10 heteroatoms. The summed E-state index contributed by atoms with van der Waals surface area (Å²) in [4.78, 5) is 25.7. The number of benzene rings is 2. The number of nitrogens with one attached hydrogen (secondary N) is 3. The molecule has 1 fully saturated rings. The molecule has 5 rings (SSSR count). The van der Waals surface area contributed by atoms with Crippen LogP contribution in [0.15, 0.2) is 48.2 Å². The normalized spacial score (nSPS) is 20.8. The fraction of sp³-hybridized carbons (Fsp3) is 0.345. The molecule has 1 unspecified atom stereocenters. The van der Waals surface area contributed by atoms with Crippen molar-refractivity contribution in [3.8, 4) is 6.07 Å². The third kappa shape index (κ3) is 4.45. The molecule has 0 aromatic heterocycles. The first kappa shape index (κ1) is 26.1. The van der Waals surface area contributed by atoms with Crippen molar-refractivity contribution in [3.63, 3.8) is 0 Å². The smallest absolute Gasteiger partial charge is 0.248 e. The Morgan fingerprint density at radius 2 is 1.64 bits per heavy atom. The zero-order valence-corrected chi connectivity index (χ0v) is 21.8. The maximum Gasteiger partial charge on any atom is 0.248 e. The van der Waals surface area contributed by atoms with Crippen LogP contribution in [0.25, 0.3) is 0 Å². The second-order valence-electron chi connectivity index (χ2n) is 10.7. The topological polar surface area (TPSA) is 199 Å². The van der Waals surface area contributed by atoms with E-state index in [9.17, 15) is 14.9 Å². The molecular weight excluding hydrogens is 492 g/mol. The van der Waals surface area contributed by atoms with Crippen molar-refractivity contribution in [3.05, 3.63) is 81.6 Å². The average molecular weight is 525 g/mol. The SMILES string of the molecule is C[C@H](CC1(C(=N)N)c2ccc(C(N)=O)cc2CCc2cc(C(N)=O)ccc21)NCC(=N)N1C2=C[C@H]2CC1C#N. The average Bonchev–Trinajstić information content (AvgIpc) is 3.60. The Morgan fingerprint density at radius 1 is 1.08 bits per heavy atom. The first-order chi connectivity index (χ1) is 18.6. The molecule has 0 bridgehead atoms. The molecular formula is C29H32N8O2. The number of hydrogen-bond donors (Lipinski definition) is 6. The number of rotatable bonds is 8. The fourth-order valence-electron chi connectivity index (χ4n) is 6.25. The first-order valence-electron chi connectivity index (χ1n) is 13.0. The lowest BCUT2D eigenvalue weighted by molar-refractivity contribution is 0.0991. The minimum Gasteiger partial charge on any atom is -0.387 e. The lowest BCUT2D eigenvalue weighted by atomic mass is 9.67. The molecule has 2 aromatic rings. The van der Waals surface area contributed by atoms with Gasteiger partial charge < -0.3 is 27.4 Å². The molecule has 39 heavy (non-hydrogen) atoms. The van der Waals surface area contributed by atoms with Gasteiger partial charge in [0.1, 0.15) is 17.7 Å². The van der Waals surface area contributed by atoms with E-state index in [0.717, 1.165) is 34.4 Å². The van der Waals surface area contributed by atoms with Crippen LogP contribution < -0.4 is 22.5 Å². The summed E-state index contributed by atoms with van der Waals surface area (Å²) in [7, 11) is 0. The maximum atomic E-state index is 12.0. The number of nitrogens with two attached hydrogens (primary N) is 3. The zero-order valence-electron chi connectivity index (χ0n) is 21.8. The van der Waals surface area contributed by atoms with Gasteiger partial charge in [0.2, 0.25) is 11.8 Å². The molecule has 2 aromatic carbocycles. The van der Waals surface area contributed by atoms with Crippen LogP contribution in [0.2, 0.25) is 0 Å². The molecule has 1 saturated heterocycles. The van der Waals surface area contributed by atoms with E-state index < -0.39 is 17.2 Å². The number of nitrogens with zero attached hydrogens (tertiary/aromatic N) is 2. The van der Waals surface area contributed by atoms with Crippen molar-refractivity contribution < 1.29 is 9.59 Å². The van der Waals surface area contributed by atoms with Gasteiger partial charge in [-0.2, -0.15) is 5.26 Å². The number of amides is 2. The van der Waals surface area contributed by atoms with Crippen molar-refractivity contribution in [1.29, 1.82) is 16.1 Å². The van der Waals surface area contributed by atoms with Gasteiger partial charge in [0.25, 0.3) is 0 Å². The van der Waals surface area contributed by atoms with E-state index in [1.807, 2.05) is 19.1 Å². The summed E-state index contributed by atoms with van der Waals surface area (Å²) in [6, 6.07) is 12.3. The minimum atomic E-state index is -1.06. The fourth-order valence-corrected chi connectivity index (χ4v) is 6.25. The number of amidine groups is 2. The van der Waals surface area contributed by atoms with Crippen molar-refractivity contribution in [2.45, 2.75) is 50.1 Å². The molecule has 0 radical (unpaired) electrons. The summed E-state index contributed by atoms with van der Waals surface area (Å²) in [5, 5.41) is 30.4. The summed E-state index contributed by atoms with van der Waals surface area (Å²) in [6.45, 7) is 2.22. The van der Waals surface area contributed by atoms with Crippen LogP contribution in [0.1, 0.15) is 62.7 Å². The molecule has 2 aliphatic carbocycles. The Hall–Kier alpha value is -4.49. The van der Waals surface area contributed by atoms with Gasteiger partial charge in [0, 0.05) is 28.8 Å². The molecule has 200 valence electrons. The number of carbonyl (C=O) groups is 2. The maximum absolute atomic E-state index is 12.0. The lowest BCUT2D eigenvalue weighted by Crippen LogP contribution is -2.48. The molecule has 3 atom stereocenters. The molecule has 2 amide bonds. The summed E-state index contributed by atoms with van der Waals surface area (Å²) in [5.41, 5.74) is 21.6. The predicted octanol–water partition coefficient (Wildman–Crippen LogP) is 1.66. The lowest BCUT2D eigenvalue weighted by Gasteiger charge is -2.38. The Morgan fingerprint density at radius 3 is 2.13 bits per heavy atom. The number of likely N-dealkylation sites (tertiary alicyclic amines) is 1. The molecule has 9 N–H and O–H groups in total. The Balaban J connectivity index is 1.51. The van der Waals surface area contributed by atoms with Crippen LogP contribution >= 0.6 is 0 Å². The van der Waals surface area contributed by atoms with Crippen molar-refractivity contribution >= 4 is 23.5 Å². The number of nitriles is 1. The van der Waals surface area contributed by atoms with E-state index >= 15 is 0 Å². The van der Waals surface area contributed by atoms with E-state index in [2.05, 4.69) is 17.5 Å². The molecule has 0 spiro atoms. The molecule has 3 aliphatic rings. The summed E-state index contributed by atoms with van der Waals surface area (Å²) in [6.07, 6.45) is 4.32. The van der Waals surface area contributed by atoms with Crippen LogP contribution in [0, 0.1) is 28.1 Å². The number of fused-ring (bicyclic) bond motifs is 3. The Labute approximate surface area is 226 Å². The van der Waals surface area contributed by atoms with Crippen molar-refractivity contribution in [2.75, 3.05) is 6.54 Å². The van der Waals surface area contributed by atoms with Gasteiger partial charge >= 0.3 is 0 Å². The van der Waals surface area contributed by atoms with E-state index in [-0.39, 0.29) is 24.5 Å². The minimum absolute atomic E-state index is 0.0654. The molecule has 1 aliphatic heterocycles. The van der Waals surface area contributed by atoms with Crippen molar-refractivity contribution in [1.82, 2.24) is 10.2 Å². The number of hydrogen-bond acceptors (Lipinski definition) is 6. The van der Waals surface area contributed by atoms with Crippen LogP contribution in [0.5, 0.6) is 0 Å². The predicted molar refractivity (Wildman–Crippen MR) is 147 cm³/mol. The highest BCUT2D eigenvalue weighted by Gasteiger charge is 2.46. The van der Waals surface area contributed by atoms with Crippen LogP contribution in [-0.2, 0) is 18.3 Å². The van der Waals surface area contributed by atoms with Gasteiger partial charge in [-0.15, -0.1) is 0 Å².